The molecule has 0 spiro atoms. The van der Waals surface area contributed by atoms with Crippen molar-refractivity contribution in [3.8, 4) is 0 Å². The lowest BCUT2D eigenvalue weighted by molar-refractivity contribution is 0.444. The molecule has 1 aliphatic rings. The number of nitrogens with one attached hydrogen (secondary N) is 1. The van der Waals surface area contributed by atoms with Gasteiger partial charge in [-0.25, -0.2) is 0 Å². The Morgan fingerprint density at radius 3 is 3.15 bits per heavy atom. The lowest BCUT2D eigenvalue weighted by Crippen LogP contribution is -2.37. The van der Waals surface area contributed by atoms with Crippen LogP contribution in [0.5, 0.6) is 0 Å². The second kappa shape index (κ2) is 3.49. The van der Waals surface area contributed by atoms with Gasteiger partial charge < -0.3 is 4.90 Å². The van der Waals surface area contributed by atoms with Gasteiger partial charge in [-0.3, -0.25) is 9.17 Å². The topological polar surface area (TPSA) is 49.0 Å². The van der Waals surface area contributed by atoms with Crippen molar-refractivity contribution in [1.82, 2.24) is 8.75 Å². The lowest BCUT2D eigenvalue weighted by atomic mass is 10.0. The van der Waals surface area contributed by atoms with Crippen LogP contribution in [0.1, 0.15) is 19.8 Å². The average molecular weight is 199 g/mol. The highest BCUT2D eigenvalue weighted by molar-refractivity contribution is 6.99. The Bertz CT molecular complexity index is 332. The minimum atomic E-state index is -0.0425. The summed E-state index contributed by atoms with van der Waals surface area (Å²) in [6.07, 6.45) is 2.43. The van der Waals surface area contributed by atoms with E-state index in [2.05, 4.69) is 20.6 Å². The van der Waals surface area contributed by atoms with Crippen LogP contribution in [-0.4, -0.2) is 21.8 Å². The Morgan fingerprint density at radius 2 is 2.54 bits per heavy atom. The first-order valence-corrected chi connectivity index (χ1v) is 5.34. The summed E-state index contributed by atoms with van der Waals surface area (Å²) in [5.41, 5.74) is -0.0425. The number of anilines is 1. The van der Waals surface area contributed by atoms with E-state index in [1.165, 1.54) is 6.42 Å². The van der Waals surface area contributed by atoms with Gasteiger partial charge in [0.15, 0.2) is 0 Å². The Balaban J connectivity index is 2.17. The molecule has 1 N–H and O–H groups in total. The van der Waals surface area contributed by atoms with Gasteiger partial charge in [0, 0.05) is 24.8 Å². The molecule has 1 aromatic heterocycles. The second-order valence-corrected chi connectivity index (χ2v) is 4.20. The highest BCUT2D eigenvalue weighted by Gasteiger charge is 2.20. The molecule has 0 unspecified atom stereocenters. The SMILES string of the molecule is C[C@H]1CCCN(c2ns[nH]c2=O)C1. The molecule has 1 aliphatic heterocycles. The van der Waals surface area contributed by atoms with Crippen LogP contribution in [0, 0.1) is 5.92 Å². The molecular weight excluding hydrogens is 186 g/mol. The molecule has 0 bridgehead atoms. The maximum absolute atomic E-state index is 11.3. The zero-order valence-electron chi connectivity index (χ0n) is 7.62. The van der Waals surface area contributed by atoms with Crippen molar-refractivity contribution < 1.29 is 0 Å². The Hall–Kier alpha value is -0.840. The van der Waals surface area contributed by atoms with E-state index in [-0.39, 0.29) is 5.56 Å². The average Bonchev–Trinajstić information content (AvgIpc) is 2.51. The van der Waals surface area contributed by atoms with E-state index in [9.17, 15) is 4.79 Å². The van der Waals surface area contributed by atoms with Crippen LogP contribution >= 0.6 is 11.7 Å². The number of aromatic nitrogens is 2. The molecule has 0 saturated carbocycles. The standard InChI is InChI=1S/C8H13N3OS/c1-6-3-2-4-11(5-6)7-8(12)10-13-9-7/h6H,2-5H2,1H3,(H,10,12)/t6-/m0/s1. The molecular formula is C8H13N3OS. The zero-order chi connectivity index (χ0) is 9.26. The zero-order valence-corrected chi connectivity index (χ0v) is 8.43. The number of piperidine rings is 1. The Morgan fingerprint density at radius 1 is 1.69 bits per heavy atom. The van der Waals surface area contributed by atoms with Gasteiger partial charge in [-0.1, -0.05) is 6.92 Å². The maximum atomic E-state index is 11.3. The summed E-state index contributed by atoms with van der Waals surface area (Å²) in [5.74, 6) is 1.28. The Kier molecular flexibility index (Phi) is 2.35. The molecule has 5 heteroatoms. The number of nitrogens with zero attached hydrogens (tertiary/aromatic N) is 2. The van der Waals surface area contributed by atoms with Gasteiger partial charge in [0.1, 0.15) is 0 Å². The van der Waals surface area contributed by atoms with Crippen molar-refractivity contribution >= 4 is 17.5 Å². The number of hydrogen-bond donors (Lipinski definition) is 1. The molecule has 13 heavy (non-hydrogen) atoms. The van der Waals surface area contributed by atoms with Crippen molar-refractivity contribution in [2.45, 2.75) is 19.8 Å². The van der Waals surface area contributed by atoms with Crippen molar-refractivity contribution in [3.05, 3.63) is 10.4 Å². The van der Waals surface area contributed by atoms with Gasteiger partial charge in [-0.15, -0.1) is 0 Å². The molecule has 1 aromatic rings. The minimum Gasteiger partial charge on any atom is -0.351 e. The van der Waals surface area contributed by atoms with Crippen LogP contribution in [0.25, 0.3) is 0 Å². The van der Waals surface area contributed by atoms with E-state index >= 15 is 0 Å². The first kappa shape index (κ1) is 8.74. The van der Waals surface area contributed by atoms with Crippen LogP contribution in [0.4, 0.5) is 5.82 Å². The third-order valence-corrected chi connectivity index (χ3v) is 2.97. The fourth-order valence-corrected chi connectivity index (χ4v) is 2.28. The van der Waals surface area contributed by atoms with Crippen LogP contribution in [0.2, 0.25) is 0 Å². The van der Waals surface area contributed by atoms with Crippen LogP contribution in [0.15, 0.2) is 4.79 Å². The fraction of sp³-hybridized carbons (Fsp3) is 0.750. The van der Waals surface area contributed by atoms with E-state index in [1.807, 2.05) is 0 Å². The second-order valence-electron chi connectivity index (χ2n) is 3.63. The first-order chi connectivity index (χ1) is 6.27. The van der Waals surface area contributed by atoms with E-state index in [0.29, 0.717) is 11.7 Å². The van der Waals surface area contributed by atoms with E-state index in [4.69, 9.17) is 0 Å². The summed E-state index contributed by atoms with van der Waals surface area (Å²) >= 11 is 1.13. The van der Waals surface area contributed by atoms with Gasteiger partial charge in [0.25, 0.3) is 0 Å². The molecule has 2 heterocycles. The largest absolute Gasteiger partial charge is 0.351 e. The molecule has 2 rings (SSSR count). The van der Waals surface area contributed by atoms with E-state index < -0.39 is 0 Å². The summed E-state index contributed by atoms with van der Waals surface area (Å²) in [4.78, 5) is 13.4. The van der Waals surface area contributed by atoms with Gasteiger partial charge in [0.2, 0.25) is 5.82 Å². The summed E-state index contributed by atoms with van der Waals surface area (Å²) in [6.45, 7) is 4.15. The smallest absolute Gasteiger partial charge is 0.302 e. The summed E-state index contributed by atoms with van der Waals surface area (Å²) in [5, 5.41) is 0. The highest BCUT2D eigenvalue weighted by Crippen LogP contribution is 2.18. The van der Waals surface area contributed by atoms with Gasteiger partial charge in [0.05, 0.1) is 0 Å². The summed E-state index contributed by atoms with van der Waals surface area (Å²) < 4.78 is 6.69. The van der Waals surface area contributed by atoms with Gasteiger partial charge in [-0.2, -0.15) is 4.37 Å². The van der Waals surface area contributed by atoms with Gasteiger partial charge in [-0.05, 0) is 18.8 Å². The minimum absolute atomic E-state index is 0.0425. The fourth-order valence-electron chi connectivity index (χ4n) is 1.78. The molecule has 0 aromatic carbocycles. The van der Waals surface area contributed by atoms with E-state index in [0.717, 1.165) is 31.2 Å². The quantitative estimate of drug-likeness (QED) is 0.736. The third-order valence-electron chi connectivity index (χ3n) is 2.43. The van der Waals surface area contributed by atoms with Crippen molar-refractivity contribution in [2.75, 3.05) is 18.0 Å². The number of H-pyrrole nitrogens is 1. The molecule has 1 atom stereocenters. The first-order valence-electron chi connectivity index (χ1n) is 4.56. The predicted molar refractivity (Wildman–Crippen MR) is 53.3 cm³/mol. The number of aromatic amines is 1. The van der Waals surface area contributed by atoms with E-state index in [1.54, 1.807) is 0 Å². The number of rotatable bonds is 1. The monoisotopic (exact) mass is 199 g/mol. The van der Waals surface area contributed by atoms with Crippen molar-refractivity contribution in [2.24, 2.45) is 5.92 Å². The predicted octanol–water partition coefficient (Wildman–Crippen LogP) is 1.07. The van der Waals surface area contributed by atoms with Crippen LogP contribution < -0.4 is 10.5 Å². The highest BCUT2D eigenvalue weighted by atomic mass is 32.1. The molecule has 0 aliphatic carbocycles. The van der Waals surface area contributed by atoms with Crippen LogP contribution in [0.3, 0.4) is 0 Å². The normalized spacial score (nSPS) is 23.5. The van der Waals surface area contributed by atoms with Crippen LogP contribution in [-0.2, 0) is 0 Å². The third kappa shape index (κ3) is 1.75. The molecule has 0 amide bonds. The molecule has 4 nitrogen and oxygen atoms in total. The number of hydrogen-bond acceptors (Lipinski definition) is 4. The molecule has 1 fully saturated rings. The molecule has 1 saturated heterocycles. The summed E-state index contributed by atoms with van der Waals surface area (Å²) in [7, 11) is 0. The van der Waals surface area contributed by atoms with Crippen molar-refractivity contribution in [3.63, 3.8) is 0 Å². The van der Waals surface area contributed by atoms with Gasteiger partial charge >= 0.3 is 5.56 Å². The van der Waals surface area contributed by atoms with Crippen molar-refractivity contribution in [1.29, 1.82) is 0 Å². The Labute approximate surface area is 80.9 Å². The summed E-state index contributed by atoms with van der Waals surface area (Å²) in [6, 6.07) is 0. The lowest BCUT2D eigenvalue weighted by Gasteiger charge is -2.29. The maximum Gasteiger partial charge on any atom is 0.302 e. The molecule has 72 valence electrons. The molecule has 0 radical (unpaired) electrons.